The summed E-state index contributed by atoms with van der Waals surface area (Å²) in [6, 6.07) is 4.82. The topological polar surface area (TPSA) is 130 Å². The molecule has 5 N–H and O–H groups in total. The van der Waals surface area contributed by atoms with Crippen molar-refractivity contribution in [1.82, 2.24) is 10.0 Å². The molecule has 0 saturated heterocycles. The zero-order chi connectivity index (χ0) is 19.3. The highest BCUT2D eigenvalue weighted by Crippen LogP contribution is 2.24. The van der Waals surface area contributed by atoms with Gasteiger partial charge in [0.1, 0.15) is 0 Å². The lowest BCUT2D eigenvalue weighted by Crippen LogP contribution is -2.49. The molecule has 1 aliphatic carbocycles. The molecular weight excluding hydrogens is 392 g/mol. The number of sulfonamides is 1. The monoisotopic (exact) mass is 418 g/mol. The number of nitrogens with two attached hydrogens (primary N) is 1. The second kappa shape index (κ2) is 10.0. The second-order valence-electron chi connectivity index (χ2n) is 6.59. The van der Waals surface area contributed by atoms with E-state index in [9.17, 15) is 18.0 Å². The van der Waals surface area contributed by atoms with E-state index in [-0.39, 0.29) is 41.1 Å². The van der Waals surface area contributed by atoms with E-state index in [1.54, 1.807) is 0 Å². The molecule has 8 nitrogen and oxygen atoms in total. The molecule has 0 radical (unpaired) electrons. The fraction of sp³-hybridized carbons (Fsp3) is 0.529. The van der Waals surface area contributed by atoms with Crippen molar-refractivity contribution in [3.63, 3.8) is 0 Å². The van der Waals surface area contributed by atoms with Gasteiger partial charge >= 0.3 is 0 Å². The maximum atomic E-state index is 12.4. The predicted molar refractivity (Wildman–Crippen MR) is 106 cm³/mol. The maximum absolute atomic E-state index is 12.4. The molecule has 0 aromatic heterocycles. The zero-order valence-corrected chi connectivity index (χ0v) is 17.0. The van der Waals surface area contributed by atoms with Gasteiger partial charge in [0, 0.05) is 18.7 Å². The first kappa shape index (κ1) is 23.4. The largest absolute Gasteiger partial charge is 0.352 e. The Labute approximate surface area is 166 Å². The van der Waals surface area contributed by atoms with Gasteiger partial charge in [-0.05, 0) is 56.5 Å². The van der Waals surface area contributed by atoms with Crippen LogP contribution in [0.1, 0.15) is 33.1 Å². The molecule has 152 valence electrons. The van der Waals surface area contributed by atoms with Gasteiger partial charge in [-0.1, -0.05) is 6.42 Å². The van der Waals surface area contributed by atoms with Gasteiger partial charge in [0.2, 0.25) is 21.8 Å². The number of halogens is 1. The van der Waals surface area contributed by atoms with E-state index in [1.807, 2.05) is 0 Å². The lowest BCUT2D eigenvalue weighted by atomic mass is 10.0. The van der Waals surface area contributed by atoms with Crippen molar-refractivity contribution in [1.29, 1.82) is 0 Å². The molecule has 0 spiro atoms. The number of nitrogens with one attached hydrogen (secondary N) is 3. The number of carbonyl (C=O) groups excluding carboxylic acids is 2. The first-order valence-corrected chi connectivity index (χ1v) is 10.1. The van der Waals surface area contributed by atoms with Crippen LogP contribution in [0.15, 0.2) is 29.2 Å². The van der Waals surface area contributed by atoms with Gasteiger partial charge in [0.05, 0.1) is 10.9 Å². The van der Waals surface area contributed by atoms with Crippen LogP contribution in [-0.2, 0) is 19.6 Å². The summed E-state index contributed by atoms with van der Waals surface area (Å²) in [6.07, 6.45) is 2.84. The molecule has 3 unspecified atom stereocenters. The third kappa shape index (κ3) is 6.46. The smallest absolute Gasteiger partial charge is 0.241 e. The standard InChI is InChI=1S/C17H26N4O4S.ClH/c1-11(17(23)20-16-5-3-4-13(16)10-18)21-26(24,25)15-8-6-14(7-9-15)19-12(2)22;/h6-9,11,13,16,21H,3-5,10,18H2,1-2H3,(H,19,22)(H,20,23);1H. The lowest BCUT2D eigenvalue weighted by Gasteiger charge is -2.22. The van der Waals surface area contributed by atoms with E-state index in [4.69, 9.17) is 5.73 Å². The highest BCUT2D eigenvalue weighted by molar-refractivity contribution is 7.89. The summed E-state index contributed by atoms with van der Waals surface area (Å²) in [5.74, 6) is -0.371. The van der Waals surface area contributed by atoms with Crippen LogP contribution in [0.25, 0.3) is 0 Å². The van der Waals surface area contributed by atoms with Crippen molar-refractivity contribution in [2.75, 3.05) is 11.9 Å². The summed E-state index contributed by atoms with van der Waals surface area (Å²) in [7, 11) is -3.85. The minimum atomic E-state index is -3.85. The van der Waals surface area contributed by atoms with Crippen LogP contribution in [0.5, 0.6) is 0 Å². The molecule has 2 amide bonds. The summed E-state index contributed by atoms with van der Waals surface area (Å²) in [5.41, 5.74) is 6.20. The van der Waals surface area contributed by atoms with Crippen LogP contribution >= 0.6 is 12.4 Å². The predicted octanol–water partition coefficient (Wildman–Crippen LogP) is 0.977. The third-order valence-corrected chi connectivity index (χ3v) is 6.06. The molecule has 1 aliphatic rings. The Balaban J connectivity index is 0.00000364. The molecule has 1 fully saturated rings. The zero-order valence-electron chi connectivity index (χ0n) is 15.4. The fourth-order valence-corrected chi connectivity index (χ4v) is 4.29. The summed E-state index contributed by atoms with van der Waals surface area (Å²) in [5, 5.41) is 5.45. The van der Waals surface area contributed by atoms with Gasteiger partial charge in [-0.25, -0.2) is 8.42 Å². The van der Waals surface area contributed by atoms with Crippen LogP contribution in [0.3, 0.4) is 0 Å². The molecule has 1 aromatic carbocycles. The maximum Gasteiger partial charge on any atom is 0.241 e. The van der Waals surface area contributed by atoms with Gasteiger partial charge in [0.15, 0.2) is 0 Å². The molecule has 2 rings (SSSR count). The van der Waals surface area contributed by atoms with E-state index >= 15 is 0 Å². The van der Waals surface area contributed by atoms with Gasteiger partial charge < -0.3 is 16.4 Å². The van der Waals surface area contributed by atoms with Gasteiger partial charge in [-0.3, -0.25) is 9.59 Å². The van der Waals surface area contributed by atoms with Crippen LogP contribution in [-0.4, -0.2) is 38.9 Å². The molecule has 0 aliphatic heterocycles. The number of hydrogen-bond acceptors (Lipinski definition) is 5. The molecule has 10 heteroatoms. The highest BCUT2D eigenvalue weighted by Gasteiger charge is 2.30. The molecular formula is C17H27ClN4O4S. The number of rotatable bonds is 7. The van der Waals surface area contributed by atoms with Gasteiger partial charge in [0.25, 0.3) is 0 Å². The molecule has 0 bridgehead atoms. The number of anilines is 1. The van der Waals surface area contributed by atoms with Crippen molar-refractivity contribution >= 4 is 39.9 Å². The minimum absolute atomic E-state index is 0. The molecule has 27 heavy (non-hydrogen) atoms. The molecule has 1 aromatic rings. The number of carbonyl (C=O) groups is 2. The Morgan fingerprint density at radius 1 is 1.22 bits per heavy atom. The van der Waals surface area contributed by atoms with Crippen LogP contribution in [0.2, 0.25) is 0 Å². The first-order valence-electron chi connectivity index (χ1n) is 8.63. The van der Waals surface area contributed by atoms with Crippen molar-refractivity contribution in [3.8, 4) is 0 Å². The van der Waals surface area contributed by atoms with E-state index < -0.39 is 16.1 Å². The van der Waals surface area contributed by atoms with E-state index in [2.05, 4.69) is 15.4 Å². The first-order chi connectivity index (χ1) is 12.2. The van der Waals surface area contributed by atoms with Gasteiger partial charge in [-0.15, -0.1) is 12.4 Å². The SMILES string of the molecule is CC(=O)Nc1ccc(S(=O)(=O)NC(C)C(=O)NC2CCCC2CN)cc1.Cl. The summed E-state index contributed by atoms with van der Waals surface area (Å²) >= 11 is 0. The lowest BCUT2D eigenvalue weighted by molar-refractivity contribution is -0.123. The second-order valence-corrected chi connectivity index (χ2v) is 8.30. The molecule has 1 saturated carbocycles. The van der Waals surface area contributed by atoms with Crippen molar-refractivity contribution in [3.05, 3.63) is 24.3 Å². The van der Waals surface area contributed by atoms with E-state index in [1.165, 1.54) is 38.1 Å². The van der Waals surface area contributed by atoms with Crippen molar-refractivity contribution in [2.45, 2.75) is 50.1 Å². The molecule has 3 atom stereocenters. The average Bonchev–Trinajstić information content (AvgIpc) is 3.01. The number of hydrogen-bond donors (Lipinski definition) is 4. The van der Waals surface area contributed by atoms with Crippen LogP contribution in [0.4, 0.5) is 5.69 Å². The van der Waals surface area contributed by atoms with Crippen molar-refractivity contribution < 1.29 is 18.0 Å². The fourth-order valence-electron chi connectivity index (χ4n) is 3.09. The highest BCUT2D eigenvalue weighted by atomic mass is 35.5. The average molecular weight is 419 g/mol. The summed E-state index contributed by atoms with van der Waals surface area (Å²) in [4.78, 5) is 23.3. The third-order valence-electron chi connectivity index (χ3n) is 4.50. The Morgan fingerprint density at radius 2 is 1.85 bits per heavy atom. The molecule has 0 heterocycles. The number of amides is 2. The number of benzene rings is 1. The summed E-state index contributed by atoms with van der Waals surface area (Å²) < 4.78 is 27.3. The minimum Gasteiger partial charge on any atom is -0.352 e. The Morgan fingerprint density at radius 3 is 2.41 bits per heavy atom. The van der Waals surface area contributed by atoms with E-state index in [0.717, 1.165) is 19.3 Å². The van der Waals surface area contributed by atoms with Crippen molar-refractivity contribution in [2.24, 2.45) is 11.7 Å². The quantitative estimate of drug-likeness (QED) is 0.524. The Hall–Kier alpha value is -1.68. The van der Waals surface area contributed by atoms with E-state index in [0.29, 0.717) is 12.2 Å². The van der Waals surface area contributed by atoms with Crippen LogP contribution in [0, 0.1) is 5.92 Å². The Kier molecular flexibility index (Phi) is 8.67. The Bertz CT molecular complexity index is 755. The van der Waals surface area contributed by atoms with Crippen LogP contribution < -0.4 is 21.1 Å². The van der Waals surface area contributed by atoms with Gasteiger partial charge in [-0.2, -0.15) is 4.72 Å². The normalized spacial score (nSPS) is 20.4. The summed E-state index contributed by atoms with van der Waals surface area (Å²) in [6.45, 7) is 3.38.